The van der Waals surface area contributed by atoms with Crippen LogP contribution in [0.5, 0.6) is 0 Å². The summed E-state index contributed by atoms with van der Waals surface area (Å²) in [6.45, 7) is 0. The molecular formula is C54H30N4O2S. The quantitative estimate of drug-likeness (QED) is 0.173. The number of hydrogen-bond acceptors (Lipinski definition) is 7. The number of para-hydroxylation sites is 2. The molecule has 0 amide bonds. The number of nitrogens with zero attached hydrogens (tertiary/aromatic N) is 4. The first-order chi connectivity index (χ1) is 30.2. The topological polar surface area (TPSA) is 77.8 Å². The molecular weight excluding hydrogens is 769 g/mol. The highest BCUT2D eigenvalue weighted by molar-refractivity contribution is 7.21. The normalized spacial score (nSPS) is 11.9. The lowest BCUT2D eigenvalue weighted by molar-refractivity contribution is 0.669. The van der Waals surface area contributed by atoms with Crippen LogP contribution in [0.3, 0.4) is 0 Å². The average molecular weight is 799 g/mol. The molecule has 0 unspecified atom stereocenters. The van der Waals surface area contributed by atoms with Gasteiger partial charge in [0, 0.05) is 44.0 Å². The first-order valence-electron chi connectivity index (χ1n) is 20.2. The van der Waals surface area contributed by atoms with Gasteiger partial charge in [-0.15, -0.1) is 11.3 Å². The number of furan rings is 2. The van der Waals surface area contributed by atoms with Crippen LogP contribution in [-0.2, 0) is 0 Å². The smallest absolute Gasteiger partial charge is 0.164 e. The number of hydrogen-bond donors (Lipinski definition) is 0. The standard InChI is InChI=1S/C54H30N4O2S/c1-2-14-32(15-3-1)51-56-52(58-53(57-51)41-21-12-24-45-47(41)39-19-8-10-22-43(39)59-45)38-28-27-37(35-17-6-7-18-36(35)38)42-30-46-49(48-40-20-9-11-23-44(40)60-50(42)48)55-54(61-46)34-26-25-31-13-4-5-16-33(31)29-34/h1-30H. The molecule has 0 spiro atoms. The highest BCUT2D eigenvalue weighted by Crippen LogP contribution is 2.46. The van der Waals surface area contributed by atoms with Gasteiger partial charge in [-0.05, 0) is 63.5 Å². The van der Waals surface area contributed by atoms with Crippen LogP contribution < -0.4 is 0 Å². The van der Waals surface area contributed by atoms with E-state index < -0.39 is 0 Å². The maximum atomic E-state index is 6.79. The maximum absolute atomic E-state index is 6.79. The Bertz CT molecular complexity index is 3900. The van der Waals surface area contributed by atoms with Gasteiger partial charge >= 0.3 is 0 Å². The third kappa shape index (κ3) is 5.34. The summed E-state index contributed by atoms with van der Waals surface area (Å²) in [6.07, 6.45) is 0. The van der Waals surface area contributed by atoms with Crippen molar-refractivity contribution in [2.45, 2.75) is 0 Å². The molecule has 0 saturated heterocycles. The van der Waals surface area contributed by atoms with E-state index in [0.29, 0.717) is 17.5 Å². The summed E-state index contributed by atoms with van der Waals surface area (Å²) in [5.74, 6) is 1.76. The van der Waals surface area contributed by atoms with Gasteiger partial charge in [0.15, 0.2) is 17.5 Å². The SMILES string of the molecule is c1ccc(-c2nc(-c3ccc(-c4cc5sc(-c6ccc7ccccc7c6)nc5c5c4oc4ccccc45)c4ccccc34)nc(-c3cccc4oc5ccccc5c34)n2)cc1. The first-order valence-corrected chi connectivity index (χ1v) is 21.0. The second-order valence-electron chi connectivity index (χ2n) is 15.3. The third-order valence-electron chi connectivity index (χ3n) is 11.8. The number of thiazole rings is 1. The lowest BCUT2D eigenvalue weighted by atomic mass is 9.93. The molecule has 0 N–H and O–H groups in total. The summed E-state index contributed by atoms with van der Waals surface area (Å²) in [5, 5.41) is 9.53. The van der Waals surface area contributed by atoms with Crippen molar-refractivity contribution in [1.82, 2.24) is 19.9 Å². The predicted octanol–water partition coefficient (Wildman–Crippen LogP) is 14.9. The van der Waals surface area contributed by atoms with Gasteiger partial charge in [0.25, 0.3) is 0 Å². The Morgan fingerprint density at radius 1 is 0.361 bits per heavy atom. The Labute approximate surface area is 352 Å². The summed E-state index contributed by atoms with van der Waals surface area (Å²) in [4.78, 5) is 20.9. The zero-order valence-electron chi connectivity index (χ0n) is 32.3. The zero-order valence-corrected chi connectivity index (χ0v) is 33.2. The predicted molar refractivity (Wildman–Crippen MR) is 250 cm³/mol. The van der Waals surface area contributed by atoms with Gasteiger partial charge in [-0.2, -0.15) is 0 Å². The van der Waals surface area contributed by atoms with E-state index in [2.05, 4.69) is 109 Å². The molecule has 4 heterocycles. The third-order valence-corrected chi connectivity index (χ3v) is 12.8. The molecule has 0 atom stereocenters. The Hall–Kier alpha value is -8.00. The number of fused-ring (bicyclic) bond motifs is 10. The fourth-order valence-corrected chi connectivity index (χ4v) is 9.96. The van der Waals surface area contributed by atoms with Gasteiger partial charge in [-0.25, -0.2) is 19.9 Å². The van der Waals surface area contributed by atoms with E-state index in [1.165, 1.54) is 10.8 Å². The Kier molecular flexibility index (Phi) is 7.37. The molecule has 0 aliphatic heterocycles. The summed E-state index contributed by atoms with van der Waals surface area (Å²) in [7, 11) is 0. The van der Waals surface area contributed by atoms with Crippen LogP contribution >= 0.6 is 11.3 Å². The van der Waals surface area contributed by atoms with Crippen molar-refractivity contribution in [2.75, 3.05) is 0 Å². The van der Waals surface area contributed by atoms with Crippen LogP contribution in [0.2, 0.25) is 0 Å². The number of benzene rings is 9. The lowest BCUT2D eigenvalue weighted by Gasteiger charge is -2.14. The van der Waals surface area contributed by atoms with Crippen molar-refractivity contribution >= 4 is 87.0 Å². The Balaban J connectivity index is 1.03. The largest absolute Gasteiger partial charge is 0.456 e. The summed E-state index contributed by atoms with van der Waals surface area (Å²) in [6, 6.07) is 62.7. The van der Waals surface area contributed by atoms with Gasteiger partial charge in [-0.1, -0.05) is 146 Å². The van der Waals surface area contributed by atoms with Crippen LogP contribution in [0.15, 0.2) is 191 Å². The van der Waals surface area contributed by atoms with Gasteiger partial charge in [0.1, 0.15) is 27.3 Å². The molecule has 0 saturated carbocycles. The van der Waals surface area contributed by atoms with E-state index in [-0.39, 0.29) is 0 Å². The molecule has 13 rings (SSSR count). The summed E-state index contributed by atoms with van der Waals surface area (Å²) in [5.41, 5.74) is 10.1. The van der Waals surface area contributed by atoms with Crippen molar-refractivity contribution in [3.63, 3.8) is 0 Å². The van der Waals surface area contributed by atoms with Gasteiger partial charge < -0.3 is 8.83 Å². The molecule has 0 aliphatic rings. The molecule has 13 aromatic rings. The number of aromatic nitrogens is 4. The lowest BCUT2D eigenvalue weighted by Crippen LogP contribution is -2.01. The molecule has 284 valence electrons. The minimum absolute atomic E-state index is 0.580. The molecule has 6 nitrogen and oxygen atoms in total. The van der Waals surface area contributed by atoms with Crippen molar-refractivity contribution in [2.24, 2.45) is 0 Å². The van der Waals surface area contributed by atoms with Crippen LogP contribution in [0.1, 0.15) is 0 Å². The maximum Gasteiger partial charge on any atom is 0.164 e. The zero-order chi connectivity index (χ0) is 40.0. The highest BCUT2D eigenvalue weighted by atomic mass is 32.1. The van der Waals surface area contributed by atoms with Crippen LogP contribution in [0.4, 0.5) is 0 Å². The Morgan fingerprint density at radius 3 is 1.80 bits per heavy atom. The van der Waals surface area contributed by atoms with E-state index in [4.69, 9.17) is 28.8 Å². The summed E-state index contributed by atoms with van der Waals surface area (Å²) >= 11 is 1.71. The average Bonchev–Trinajstić information content (AvgIpc) is 4.05. The molecule has 0 radical (unpaired) electrons. The van der Waals surface area contributed by atoms with Crippen LogP contribution in [-0.4, -0.2) is 19.9 Å². The van der Waals surface area contributed by atoms with E-state index in [1.807, 2.05) is 72.8 Å². The van der Waals surface area contributed by atoms with Gasteiger partial charge in [-0.3, -0.25) is 0 Å². The van der Waals surface area contributed by atoms with Crippen LogP contribution in [0, 0.1) is 0 Å². The van der Waals surface area contributed by atoms with Crippen molar-refractivity contribution in [1.29, 1.82) is 0 Å². The summed E-state index contributed by atoms with van der Waals surface area (Å²) < 4.78 is 14.2. The van der Waals surface area contributed by atoms with Gasteiger partial charge in [0.2, 0.25) is 0 Å². The minimum Gasteiger partial charge on any atom is -0.456 e. The molecule has 0 aliphatic carbocycles. The minimum atomic E-state index is 0.580. The van der Waals surface area contributed by atoms with E-state index >= 15 is 0 Å². The molecule has 0 bridgehead atoms. The van der Waals surface area contributed by atoms with Crippen LogP contribution in [0.25, 0.3) is 132 Å². The second-order valence-corrected chi connectivity index (χ2v) is 16.3. The van der Waals surface area contributed by atoms with Crippen molar-refractivity contribution in [3.8, 4) is 55.9 Å². The Morgan fingerprint density at radius 2 is 0.984 bits per heavy atom. The van der Waals surface area contributed by atoms with E-state index in [0.717, 1.165) is 103 Å². The molecule has 4 aromatic heterocycles. The first kappa shape index (κ1) is 33.9. The number of rotatable bonds is 5. The molecule has 61 heavy (non-hydrogen) atoms. The second kappa shape index (κ2) is 13.3. The fourth-order valence-electron chi connectivity index (χ4n) is 8.94. The highest BCUT2D eigenvalue weighted by Gasteiger charge is 2.23. The molecule has 7 heteroatoms. The van der Waals surface area contributed by atoms with E-state index in [9.17, 15) is 0 Å². The van der Waals surface area contributed by atoms with E-state index in [1.54, 1.807) is 11.3 Å². The van der Waals surface area contributed by atoms with Crippen molar-refractivity contribution in [3.05, 3.63) is 182 Å². The van der Waals surface area contributed by atoms with Crippen molar-refractivity contribution < 1.29 is 8.83 Å². The monoisotopic (exact) mass is 798 g/mol. The fraction of sp³-hybridized carbons (Fsp3) is 0. The van der Waals surface area contributed by atoms with Gasteiger partial charge in [0.05, 0.1) is 15.6 Å². The molecule has 9 aromatic carbocycles. The molecule has 0 fully saturated rings.